The van der Waals surface area contributed by atoms with Gasteiger partial charge in [-0.25, -0.2) is 0 Å². The van der Waals surface area contributed by atoms with Crippen molar-refractivity contribution in [3.05, 3.63) is 47.5 Å². The molecule has 0 amide bonds. The monoisotopic (exact) mass is 377 g/mol. The molecule has 0 aliphatic heterocycles. The van der Waals surface area contributed by atoms with Gasteiger partial charge >= 0.3 is 0 Å². The third-order valence-corrected chi connectivity index (χ3v) is 7.52. The lowest BCUT2D eigenvalue weighted by molar-refractivity contribution is 0.273. The molecule has 0 unspecified atom stereocenters. The lowest BCUT2D eigenvalue weighted by Crippen LogP contribution is -2.14. The molecule has 1 nitrogen and oxygen atoms in total. The minimum absolute atomic E-state index is 0.671. The van der Waals surface area contributed by atoms with Crippen LogP contribution in [0.25, 0.3) is 0 Å². The summed E-state index contributed by atoms with van der Waals surface area (Å²) in [4.78, 5) is 0. The van der Waals surface area contributed by atoms with E-state index in [0.29, 0.717) is 5.92 Å². The fraction of sp³-hybridized carbons (Fsp3) is 0.667. The van der Waals surface area contributed by atoms with Gasteiger partial charge in [0.1, 0.15) is 0 Å². The Labute approximate surface area is 173 Å². The summed E-state index contributed by atoms with van der Waals surface area (Å²) in [7, 11) is 0. The molecular formula is C27H39N. The van der Waals surface area contributed by atoms with Gasteiger partial charge in [0.05, 0.1) is 6.07 Å². The van der Waals surface area contributed by atoms with Crippen LogP contribution in [0.5, 0.6) is 0 Å². The van der Waals surface area contributed by atoms with Gasteiger partial charge in [-0.05, 0) is 92.6 Å². The molecule has 2 aliphatic carbocycles. The highest BCUT2D eigenvalue weighted by Gasteiger charge is 2.23. The largest absolute Gasteiger partial charge is 0.193 e. The normalized spacial score (nSPS) is 28.3. The van der Waals surface area contributed by atoms with Gasteiger partial charge in [-0.3, -0.25) is 0 Å². The van der Waals surface area contributed by atoms with Gasteiger partial charge in [0.2, 0.25) is 0 Å². The van der Waals surface area contributed by atoms with Crippen LogP contribution in [0, 0.1) is 29.1 Å². The highest BCUT2D eigenvalue weighted by Crippen LogP contribution is 2.38. The molecular weight excluding hydrogens is 338 g/mol. The predicted molar refractivity (Wildman–Crippen MR) is 119 cm³/mol. The maximum atomic E-state index is 8.65. The predicted octanol–water partition coefficient (Wildman–Crippen LogP) is 7.97. The van der Waals surface area contributed by atoms with Crippen molar-refractivity contribution in [2.75, 3.05) is 0 Å². The fourth-order valence-electron chi connectivity index (χ4n) is 5.52. The SMILES string of the molecule is CCc1ccc(C2CCC(CCCCC3CCC(/C=C/C#N)CC3)CC2)cc1. The Hall–Kier alpha value is -1.55. The number of unbranched alkanes of at least 4 members (excludes halogenated alkanes) is 1. The van der Waals surface area contributed by atoms with Crippen LogP contribution in [-0.2, 0) is 6.42 Å². The summed E-state index contributed by atoms with van der Waals surface area (Å²) >= 11 is 0. The molecule has 0 heterocycles. The van der Waals surface area contributed by atoms with Crippen LogP contribution in [0.3, 0.4) is 0 Å². The number of allylic oxidation sites excluding steroid dienone is 2. The van der Waals surface area contributed by atoms with Crippen LogP contribution in [0.1, 0.15) is 101 Å². The average Bonchev–Trinajstić information content (AvgIpc) is 2.76. The van der Waals surface area contributed by atoms with E-state index in [2.05, 4.69) is 43.3 Å². The molecule has 0 aromatic heterocycles. The molecule has 28 heavy (non-hydrogen) atoms. The third kappa shape index (κ3) is 6.51. The van der Waals surface area contributed by atoms with Crippen LogP contribution < -0.4 is 0 Å². The second-order valence-electron chi connectivity index (χ2n) is 9.37. The summed E-state index contributed by atoms with van der Waals surface area (Å²) in [5.74, 6) is 3.42. The number of nitriles is 1. The van der Waals surface area contributed by atoms with Crippen LogP contribution in [0.15, 0.2) is 36.4 Å². The molecule has 0 spiro atoms. The number of hydrogen-bond donors (Lipinski definition) is 0. The molecule has 1 heteroatoms. The number of benzene rings is 1. The highest BCUT2D eigenvalue weighted by molar-refractivity contribution is 5.25. The lowest BCUT2D eigenvalue weighted by Gasteiger charge is -2.29. The van der Waals surface area contributed by atoms with Crippen molar-refractivity contribution >= 4 is 0 Å². The van der Waals surface area contributed by atoms with Crippen LogP contribution in [-0.4, -0.2) is 0 Å². The number of hydrogen-bond acceptors (Lipinski definition) is 1. The average molecular weight is 378 g/mol. The number of rotatable bonds is 8. The van der Waals surface area contributed by atoms with Crippen molar-refractivity contribution < 1.29 is 0 Å². The van der Waals surface area contributed by atoms with Gasteiger partial charge in [-0.2, -0.15) is 5.26 Å². The molecule has 1 aromatic carbocycles. The third-order valence-electron chi connectivity index (χ3n) is 7.52. The van der Waals surface area contributed by atoms with Crippen molar-refractivity contribution in [3.8, 4) is 6.07 Å². The summed E-state index contributed by atoms with van der Waals surface area (Å²) in [6.45, 7) is 2.24. The summed E-state index contributed by atoms with van der Waals surface area (Å²) < 4.78 is 0. The smallest absolute Gasteiger partial charge is 0.0908 e. The zero-order valence-electron chi connectivity index (χ0n) is 17.9. The van der Waals surface area contributed by atoms with Crippen molar-refractivity contribution in [1.82, 2.24) is 0 Å². The Morgan fingerprint density at radius 3 is 1.96 bits per heavy atom. The van der Waals surface area contributed by atoms with Crippen molar-refractivity contribution in [2.24, 2.45) is 17.8 Å². The number of nitrogens with zero attached hydrogens (tertiary/aromatic N) is 1. The zero-order chi connectivity index (χ0) is 19.6. The summed E-state index contributed by atoms with van der Waals surface area (Å²) in [6.07, 6.45) is 21.8. The first kappa shape index (κ1) is 21.2. The summed E-state index contributed by atoms with van der Waals surface area (Å²) in [6, 6.07) is 11.6. The molecule has 2 fully saturated rings. The first-order valence-corrected chi connectivity index (χ1v) is 11.9. The second kappa shape index (κ2) is 11.5. The summed E-state index contributed by atoms with van der Waals surface area (Å²) in [5, 5.41) is 8.65. The molecule has 2 saturated carbocycles. The van der Waals surface area contributed by atoms with E-state index in [1.807, 2.05) is 0 Å². The van der Waals surface area contributed by atoms with E-state index in [4.69, 9.17) is 5.26 Å². The topological polar surface area (TPSA) is 23.8 Å². The van der Waals surface area contributed by atoms with Gasteiger partial charge in [-0.1, -0.05) is 62.9 Å². The maximum Gasteiger partial charge on any atom is 0.0908 e. The molecule has 1 aromatic rings. The van der Waals surface area contributed by atoms with Gasteiger partial charge in [-0.15, -0.1) is 0 Å². The van der Waals surface area contributed by atoms with Crippen LogP contribution >= 0.6 is 0 Å². The van der Waals surface area contributed by atoms with Crippen molar-refractivity contribution in [2.45, 2.75) is 96.3 Å². The Morgan fingerprint density at radius 1 is 0.857 bits per heavy atom. The maximum absolute atomic E-state index is 8.65. The van der Waals surface area contributed by atoms with E-state index < -0.39 is 0 Å². The molecule has 0 saturated heterocycles. The van der Waals surface area contributed by atoms with Gasteiger partial charge in [0.15, 0.2) is 0 Å². The molecule has 152 valence electrons. The molecule has 0 N–H and O–H groups in total. The number of aryl methyl sites for hydroxylation is 1. The van der Waals surface area contributed by atoms with E-state index in [1.165, 1.54) is 82.6 Å². The van der Waals surface area contributed by atoms with E-state index in [0.717, 1.165) is 24.2 Å². The van der Waals surface area contributed by atoms with E-state index in [9.17, 15) is 0 Å². The van der Waals surface area contributed by atoms with Crippen LogP contribution in [0.2, 0.25) is 0 Å². The van der Waals surface area contributed by atoms with E-state index in [1.54, 1.807) is 11.6 Å². The molecule has 0 atom stereocenters. The second-order valence-corrected chi connectivity index (χ2v) is 9.37. The van der Waals surface area contributed by atoms with E-state index in [-0.39, 0.29) is 0 Å². The Morgan fingerprint density at radius 2 is 1.43 bits per heavy atom. The standard InChI is InChI=1S/C27H39N/c1-2-22-13-17-26(18-14-22)27-19-15-24(16-20-27)7-4-3-6-23-9-11-25(12-10-23)8-5-21-28/h5,8,13-14,17-18,23-25,27H,2-4,6-7,9-12,15-16,19-20H2,1H3/b8-5+. The Bertz CT molecular complexity index is 619. The van der Waals surface area contributed by atoms with Crippen molar-refractivity contribution in [1.29, 1.82) is 5.26 Å². The minimum atomic E-state index is 0.671. The lowest BCUT2D eigenvalue weighted by atomic mass is 9.76. The van der Waals surface area contributed by atoms with Crippen LogP contribution in [0.4, 0.5) is 0 Å². The highest BCUT2D eigenvalue weighted by atomic mass is 14.3. The summed E-state index contributed by atoms with van der Waals surface area (Å²) in [5.41, 5.74) is 3.04. The molecule has 3 rings (SSSR count). The molecule has 0 bridgehead atoms. The fourth-order valence-corrected chi connectivity index (χ4v) is 5.52. The first-order chi connectivity index (χ1) is 13.8. The van der Waals surface area contributed by atoms with Gasteiger partial charge in [0, 0.05) is 6.08 Å². The molecule has 2 aliphatic rings. The molecule has 0 radical (unpaired) electrons. The Balaban J connectivity index is 1.27. The quantitative estimate of drug-likeness (QED) is 0.333. The van der Waals surface area contributed by atoms with Gasteiger partial charge in [0.25, 0.3) is 0 Å². The first-order valence-electron chi connectivity index (χ1n) is 11.9. The zero-order valence-corrected chi connectivity index (χ0v) is 17.9. The minimum Gasteiger partial charge on any atom is -0.193 e. The van der Waals surface area contributed by atoms with Crippen molar-refractivity contribution in [3.63, 3.8) is 0 Å². The van der Waals surface area contributed by atoms with E-state index >= 15 is 0 Å². The van der Waals surface area contributed by atoms with Gasteiger partial charge < -0.3 is 0 Å². The Kier molecular flexibility index (Phi) is 8.66.